The first kappa shape index (κ1) is 20.2. The SMILES string of the molecule is CCOP(=O)(Cc1ccc(NC(=O)NCc2ccccc2)cc1)OCC. The maximum atomic E-state index is 12.5. The van der Waals surface area contributed by atoms with E-state index in [1.165, 1.54) is 0 Å². The molecule has 6 nitrogen and oxygen atoms in total. The molecule has 140 valence electrons. The van der Waals surface area contributed by atoms with Crippen molar-refractivity contribution in [3.8, 4) is 0 Å². The van der Waals surface area contributed by atoms with E-state index in [-0.39, 0.29) is 12.2 Å². The van der Waals surface area contributed by atoms with Crippen molar-refractivity contribution in [1.29, 1.82) is 0 Å². The van der Waals surface area contributed by atoms with Gasteiger partial charge in [-0.25, -0.2) is 4.79 Å². The van der Waals surface area contributed by atoms with E-state index in [2.05, 4.69) is 10.6 Å². The van der Waals surface area contributed by atoms with E-state index in [4.69, 9.17) is 9.05 Å². The summed E-state index contributed by atoms with van der Waals surface area (Å²) in [6.07, 6.45) is 0.204. The van der Waals surface area contributed by atoms with Gasteiger partial charge in [0.05, 0.1) is 19.4 Å². The molecule has 2 aromatic rings. The van der Waals surface area contributed by atoms with Crippen molar-refractivity contribution in [3.05, 3.63) is 65.7 Å². The minimum atomic E-state index is -3.13. The largest absolute Gasteiger partial charge is 0.335 e. The number of carbonyl (C=O) groups excluding carboxylic acids is 1. The summed E-state index contributed by atoms with van der Waals surface area (Å²) < 4.78 is 23.1. The summed E-state index contributed by atoms with van der Waals surface area (Å²) in [5, 5.41) is 5.57. The van der Waals surface area contributed by atoms with Crippen molar-refractivity contribution >= 4 is 19.3 Å². The Morgan fingerprint density at radius 3 is 2.12 bits per heavy atom. The molecular weight excluding hydrogens is 351 g/mol. The van der Waals surface area contributed by atoms with E-state index in [1.807, 2.05) is 30.3 Å². The average molecular weight is 376 g/mol. The summed E-state index contributed by atoms with van der Waals surface area (Å²) in [7, 11) is -3.13. The summed E-state index contributed by atoms with van der Waals surface area (Å²) in [6, 6.07) is 16.5. The first-order valence-electron chi connectivity index (χ1n) is 8.60. The van der Waals surface area contributed by atoms with Gasteiger partial charge in [-0.05, 0) is 37.1 Å². The minimum absolute atomic E-state index is 0.204. The van der Waals surface area contributed by atoms with Crippen molar-refractivity contribution in [2.45, 2.75) is 26.6 Å². The van der Waals surface area contributed by atoms with Gasteiger partial charge < -0.3 is 19.7 Å². The number of rotatable bonds is 9. The minimum Gasteiger partial charge on any atom is -0.334 e. The van der Waals surface area contributed by atoms with Crippen molar-refractivity contribution < 1.29 is 18.4 Å². The Kier molecular flexibility index (Phi) is 7.85. The zero-order valence-corrected chi connectivity index (χ0v) is 16.0. The lowest BCUT2D eigenvalue weighted by Crippen LogP contribution is -2.28. The predicted octanol–water partition coefficient (Wildman–Crippen LogP) is 4.77. The van der Waals surface area contributed by atoms with Crippen LogP contribution >= 0.6 is 7.60 Å². The maximum Gasteiger partial charge on any atom is 0.335 e. The van der Waals surface area contributed by atoms with Crippen molar-refractivity contribution in [3.63, 3.8) is 0 Å². The molecule has 0 aliphatic rings. The lowest BCUT2D eigenvalue weighted by atomic mass is 10.2. The van der Waals surface area contributed by atoms with Crippen LogP contribution in [0, 0.1) is 0 Å². The Balaban J connectivity index is 1.88. The van der Waals surface area contributed by atoms with E-state index in [1.54, 1.807) is 38.1 Å². The summed E-state index contributed by atoms with van der Waals surface area (Å²) in [6.45, 7) is 4.69. The fourth-order valence-electron chi connectivity index (χ4n) is 2.39. The van der Waals surface area contributed by atoms with Gasteiger partial charge in [0.25, 0.3) is 0 Å². The molecule has 0 unspecified atom stereocenters. The van der Waals surface area contributed by atoms with Crippen LogP contribution in [0.5, 0.6) is 0 Å². The van der Waals surface area contributed by atoms with Crippen LogP contribution in [-0.4, -0.2) is 19.2 Å². The van der Waals surface area contributed by atoms with Gasteiger partial charge in [0, 0.05) is 12.2 Å². The van der Waals surface area contributed by atoms with Crippen LogP contribution in [-0.2, 0) is 26.3 Å². The van der Waals surface area contributed by atoms with Crippen LogP contribution in [0.4, 0.5) is 10.5 Å². The third-order valence-corrected chi connectivity index (χ3v) is 5.59. The Hall–Kier alpha value is -2.14. The molecule has 0 atom stereocenters. The van der Waals surface area contributed by atoms with Crippen LogP contribution in [0.2, 0.25) is 0 Å². The smallest absolute Gasteiger partial charge is 0.334 e. The Bertz CT molecular complexity index is 725. The fraction of sp³-hybridized carbons (Fsp3) is 0.316. The molecule has 0 spiro atoms. The predicted molar refractivity (Wildman–Crippen MR) is 103 cm³/mol. The number of benzene rings is 2. The molecule has 0 saturated heterocycles. The van der Waals surface area contributed by atoms with Crippen LogP contribution in [0.3, 0.4) is 0 Å². The van der Waals surface area contributed by atoms with Crippen molar-refractivity contribution in [2.24, 2.45) is 0 Å². The highest BCUT2D eigenvalue weighted by Gasteiger charge is 2.23. The number of amides is 2. The number of carbonyl (C=O) groups is 1. The molecule has 2 rings (SSSR count). The van der Waals surface area contributed by atoms with Gasteiger partial charge in [-0.2, -0.15) is 0 Å². The number of hydrogen-bond donors (Lipinski definition) is 2. The number of hydrogen-bond acceptors (Lipinski definition) is 4. The molecule has 0 aliphatic heterocycles. The van der Waals surface area contributed by atoms with Gasteiger partial charge in [-0.1, -0.05) is 42.5 Å². The van der Waals surface area contributed by atoms with Crippen LogP contribution in [0.25, 0.3) is 0 Å². The molecule has 2 amide bonds. The first-order valence-corrected chi connectivity index (χ1v) is 10.3. The molecule has 0 saturated carbocycles. The third-order valence-electron chi connectivity index (χ3n) is 3.54. The molecule has 0 fully saturated rings. The standard InChI is InChI=1S/C19H25N2O4P/c1-3-24-26(23,25-4-2)15-17-10-12-18(13-11-17)21-19(22)20-14-16-8-6-5-7-9-16/h5-13H,3-4,14-15H2,1-2H3,(H2,20,21,22). The molecule has 26 heavy (non-hydrogen) atoms. The van der Waals surface area contributed by atoms with Gasteiger partial charge in [-0.15, -0.1) is 0 Å². The molecule has 2 aromatic carbocycles. The van der Waals surface area contributed by atoms with Crippen LogP contribution in [0.1, 0.15) is 25.0 Å². The summed E-state index contributed by atoms with van der Waals surface area (Å²) in [4.78, 5) is 12.0. The quantitative estimate of drug-likeness (QED) is 0.618. The topological polar surface area (TPSA) is 76.7 Å². The highest BCUT2D eigenvalue weighted by molar-refractivity contribution is 7.53. The van der Waals surface area contributed by atoms with Gasteiger partial charge in [0.1, 0.15) is 0 Å². The zero-order chi connectivity index (χ0) is 18.8. The summed E-state index contributed by atoms with van der Waals surface area (Å²) >= 11 is 0. The van der Waals surface area contributed by atoms with Crippen molar-refractivity contribution in [1.82, 2.24) is 5.32 Å². The molecule has 2 N–H and O–H groups in total. The monoisotopic (exact) mass is 376 g/mol. The van der Waals surface area contributed by atoms with Gasteiger partial charge in [0.2, 0.25) is 0 Å². The molecular formula is C19H25N2O4P. The number of urea groups is 1. The number of nitrogens with one attached hydrogen (secondary N) is 2. The fourth-order valence-corrected chi connectivity index (χ4v) is 4.09. The highest BCUT2D eigenvalue weighted by atomic mass is 31.2. The zero-order valence-electron chi connectivity index (χ0n) is 15.1. The number of anilines is 1. The lowest BCUT2D eigenvalue weighted by Gasteiger charge is -2.17. The molecule has 0 heterocycles. The van der Waals surface area contributed by atoms with Crippen molar-refractivity contribution in [2.75, 3.05) is 18.5 Å². The summed E-state index contributed by atoms with van der Waals surface area (Å²) in [5.74, 6) is 0. The van der Waals surface area contributed by atoms with E-state index < -0.39 is 7.60 Å². The first-order chi connectivity index (χ1) is 12.5. The molecule has 0 aliphatic carbocycles. The van der Waals surface area contributed by atoms with E-state index in [0.29, 0.717) is 25.4 Å². The van der Waals surface area contributed by atoms with E-state index in [9.17, 15) is 9.36 Å². The van der Waals surface area contributed by atoms with Gasteiger partial charge in [-0.3, -0.25) is 4.57 Å². The molecule has 0 aromatic heterocycles. The van der Waals surface area contributed by atoms with E-state index in [0.717, 1.165) is 11.1 Å². The van der Waals surface area contributed by atoms with Gasteiger partial charge in [0.15, 0.2) is 0 Å². The second-order valence-corrected chi connectivity index (χ2v) is 7.65. The van der Waals surface area contributed by atoms with Crippen LogP contribution in [0.15, 0.2) is 54.6 Å². The van der Waals surface area contributed by atoms with Gasteiger partial charge >= 0.3 is 13.6 Å². The molecule has 0 radical (unpaired) electrons. The maximum absolute atomic E-state index is 12.5. The normalized spacial score (nSPS) is 11.2. The Morgan fingerprint density at radius 2 is 1.54 bits per heavy atom. The second kappa shape index (κ2) is 10.1. The molecule has 0 bridgehead atoms. The second-order valence-electron chi connectivity index (χ2n) is 5.59. The average Bonchev–Trinajstić information content (AvgIpc) is 2.63. The van der Waals surface area contributed by atoms with E-state index >= 15 is 0 Å². The third kappa shape index (κ3) is 6.64. The van der Waals surface area contributed by atoms with Crippen LogP contribution < -0.4 is 10.6 Å². The lowest BCUT2D eigenvalue weighted by molar-refractivity contribution is 0.219. The molecule has 7 heteroatoms. The summed E-state index contributed by atoms with van der Waals surface area (Å²) in [5.41, 5.74) is 2.51. The Labute approximate surface area is 154 Å². The Morgan fingerprint density at radius 1 is 0.923 bits per heavy atom. The highest BCUT2D eigenvalue weighted by Crippen LogP contribution is 2.51.